The standard InChI is InChI=1S/C8H15O/c1-6(2)3-7-4-8(9)5-7/h7-9H,3-5H2,1-2H3. The van der Waals surface area contributed by atoms with E-state index in [1.54, 1.807) is 0 Å². The fourth-order valence-electron chi connectivity index (χ4n) is 1.44. The summed E-state index contributed by atoms with van der Waals surface area (Å²) < 4.78 is 0. The lowest BCUT2D eigenvalue weighted by Gasteiger charge is -2.32. The van der Waals surface area contributed by atoms with Crippen LogP contribution in [0.25, 0.3) is 0 Å². The largest absolute Gasteiger partial charge is 0.393 e. The van der Waals surface area contributed by atoms with Gasteiger partial charge in [-0.1, -0.05) is 13.8 Å². The van der Waals surface area contributed by atoms with Crippen LogP contribution in [0.4, 0.5) is 0 Å². The Bertz CT molecular complexity index is 82.6. The van der Waals surface area contributed by atoms with Gasteiger partial charge in [0.2, 0.25) is 0 Å². The van der Waals surface area contributed by atoms with Crippen molar-refractivity contribution >= 4 is 0 Å². The van der Waals surface area contributed by atoms with Crippen molar-refractivity contribution in [3.63, 3.8) is 0 Å². The van der Waals surface area contributed by atoms with E-state index in [-0.39, 0.29) is 6.10 Å². The van der Waals surface area contributed by atoms with Gasteiger partial charge in [0.05, 0.1) is 6.10 Å². The lowest BCUT2D eigenvalue weighted by Crippen LogP contribution is -2.28. The molecule has 0 spiro atoms. The molecular formula is C8H15O. The van der Waals surface area contributed by atoms with Gasteiger partial charge < -0.3 is 5.11 Å². The van der Waals surface area contributed by atoms with Gasteiger partial charge in [0, 0.05) is 0 Å². The molecular weight excluding hydrogens is 112 g/mol. The highest BCUT2D eigenvalue weighted by Crippen LogP contribution is 2.32. The first-order chi connectivity index (χ1) is 4.18. The predicted octanol–water partition coefficient (Wildman–Crippen LogP) is 1.76. The van der Waals surface area contributed by atoms with E-state index in [0.717, 1.165) is 18.8 Å². The Morgan fingerprint density at radius 3 is 2.33 bits per heavy atom. The van der Waals surface area contributed by atoms with Crippen molar-refractivity contribution in [3.8, 4) is 0 Å². The van der Waals surface area contributed by atoms with E-state index in [4.69, 9.17) is 5.11 Å². The molecule has 1 radical (unpaired) electrons. The molecule has 0 bridgehead atoms. The Kier molecular flexibility index (Phi) is 2.12. The molecule has 1 aliphatic carbocycles. The minimum Gasteiger partial charge on any atom is -0.393 e. The molecule has 1 heteroatoms. The smallest absolute Gasteiger partial charge is 0.0545 e. The van der Waals surface area contributed by atoms with E-state index in [1.807, 2.05) is 0 Å². The highest BCUT2D eigenvalue weighted by atomic mass is 16.3. The summed E-state index contributed by atoms with van der Waals surface area (Å²) in [6.07, 6.45) is 3.31. The second kappa shape index (κ2) is 2.70. The Morgan fingerprint density at radius 1 is 1.44 bits per heavy atom. The SMILES string of the molecule is C[C](C)CC1CC(O)C1. The van der Waals surface area contributed by atoms with Crippen LogP contribution in [0.15, 0.2) is 0 Å². The summed E-state index contributed by atoms with van der Waals surface area (Å²) in [5, 5.41) is 8.92. The normalized spacial score (nSPS) is 34.7. The molecule has 0 aromatic heterocycles. The summed E-state index contributed by atoms with van der Waals surface area (Å²) in [5.41, 5.74) is 0. The number of rotatable bonds is 2. The number of hydrogen-bond donors (Lipinski definition) is 1. The molecule has 53 valence electrons. The maximum absolute atomic E-state index is 8.92. The summed E-state index contributed by atoms with van der Waals surface area (Å²) >= 11 is 0. The summed E-state index contributed by atoms with van der Waals surface area (Å²) in [6.45, 7) is 4.31. The van der Waals surface area contributed by atoms with Crippen LogP contribution in [-0.4, -0.2) is 11.2 Å². The van der Waals surface area contributed by atoms with Crippen molar-refractivity contribution in [3.05, 3.63) is 5.92 Å². The third-order valence-corrected chi connectivity index (χ3v) is 1.91. The lowest BCUT2D eigenvalue weighted by molar-refractivity contribution is 0.0411. The minimum absolute atomic E-state index is 0.0225. The molecule has 1 N–H and O–H groups in total. The summed E-state index contributed by atoms with van der Waals surface area (Å²) in [7, 11) is 0. The summed E-state index contributed by atoms with van der Waals surface area (Å²) in [5.74, 6) is 2.29. The minimum atomic E-state index is 0.0225. The Labute approximate surface area is 57.1 Å². The Balaban J connectivity index is 2.04. The topological polar surface area (TPSA) is 20.2 Å². The Hall–Kier alpha value is -0.0400. The van der Waals surface area contributed by atoms with E-state index < -0.39 is 0 Å². The van der Waals surface area contributed by atoms with E-state index >= 15 is 0 Å². The molecule has 0 atom stereocenters. The molecule has 1 aliphatic rings. The van der Waals surface area contributed by atoms with E-state index in [1.165, 1.54) is 12.3 Å². The first-order valence-electron chi connectivity index (χ1n) is 3.65. The highest BCUT2D eigenvalue weighted by molar-refractivity contribution is 4.88. The van der Waals surface area contributed by atoms with Gasteiger partial charge in [0.1, 0.15) is 0 Å². The van der Waals surface area contributed by atoms with Crippen LogP contribution < -0.4 is 0 Å². The van der Waals surface area contributed by atoms with Gasteiger partial charge in [0.25, 0.3) is 0 Å². The third-order valence-electron chi connectivity index (χ3n) is 1.91. The van der Waals surface area contributed by atoms with Crippen LogP contribution in [0.1, 0.15) is 33.1 Å². The monoisotopic (exact) mass is 127 g/mol. The van der Waals surface area contributed by atoms with Crippen molar-refractivity contribution in [2.45, 2.75) is 39.2 Å². The predicted molar refractivity (Wildman–Crippen MR) is 37.9 cm³/mol. The van der Waals surface area contributed by atoms with Crippen LogP contribution in [0.2, 0.25) is 0 Å². The number of aliphatic hydroxyl groups excluding tert-OH is 1. The van der Waals surface area contributed by atoms with Gasteiger partial charge >= 0.3 is 0 Å². The molecule has 0 aromatic carbocycles. The maximum atomic E-state index is 8.92. The first kappa shape index (κ1) is 7.07. The van der Waals surface area contributed by atoms with Crippen molar-refractivity contribution in [2.75, 3.05) is 0 Å². The second-order valence-electron chi connectivity index (χ2n) is 3.40. The quantitative estimate of drug-likeness (QED) is 0.599. The van der Waals surface area contributed by atoms with E-state index in [2.05, 4.69) is 13.8 Å². The molecule has 1 fully saturated rings. The molecule has 0 unspecified atom stereocenters. The van der Waals surface area contributed by atoms with Gasteiger partial charge in [-0.05, 0) is 31.1 Å². The Morgan fingerprint density at radius 2 is 2.00 bits per heavy atom. The first-order valence-corrected chi connectivity index (χ1v) is 3.65. The average molecular weight is 127 g/mol. The van der Waals surface area contributed by atoms with Gasteiger partial charge in [-0.15, -0.1) is 0 Å². The van der Waals surface area contributed by atoms with Crippen LogP contribution in [0, 0.1) is 11.8 Å². The molecule has 0 heterocycles. The molecule has 9 heavy (non-hydrogen) atoms. The van der Waals surface area contributed by atoms with Crippen LogP contribution >= 0.6 is 0 Å². The zero-order valence-electron chi connectivity index (χ0n) is 6.22. The van der Waals surface area contributed by atoms with Crippen molar-refractivity contribution in [2.24, 2.45) is 5.92 Å². The van der Waals surface area contributed by atoms with Crippen LogP contribution in [0.3, 0.4) is 0 Å². The van der Waals surface area contributed by atoms with Crippen LogP contribution in [-0.2, 0) is 0 Å². The summed E-state index contributed by atoms with van der Waals surface area (Å²) in [4.78, 5) is 0. The molecule has 1 nitrogen and oxygen atoms in total. The molecule has 1 saturated carbocycles. The van der Waals surface area contributed by atoms with Crippen molar-refractivity contribution in [1.29, 1.82) is 0 Å². The van der Waals surface area contributed by atoms with E-state index in [9.17, 15) is 0 Å². The highest BCUT2D eigenvalue weighted by Gasteiger charge is 2.27. The molecule has 0 amide bonds. The number of aliphatic hydroxyl groups is 1. The van der Waals surface area contributed by atoms with E-state index in [0.29, 0.717) is 0 Å². The fourth-order valence-corrected chi connectivity index (χ4v) is 1.44. The number of hydrogen-bond acceptors (Lipinski definition) is 1. The molecule has 0 saturated heterocycles. The average Bonchev–Trinajstić information content (AvgIpc) is 1.60. The second-order valence-corrected chi connectivity index (χ2v) is 3.40. The fraction of sp³-hybridized carbons (Fsp3) is 0.875. The van der Waals surface area contributed by atoms with Gasteiger partial charge in [0.15, 0.2) is 0 Å². The molecule has 0 aromatic rings. The van der Waals surface area contributed by atoms with Gasteiger partial charge in [-0.25, -0.2) is 0 Å². The zero-order chi connectivity index (χ0) is 6.85. The lowest BCUT2D eigenvalue weighted by atomic mass is 9.77. The van der Waals surface area contributed by atoms with Crippen molar-refractivity contribution in [1.82, 2.24) is 0 Å². The van der Waals surface area contributed by atoms with Crippen molar-refractivity contribution < 1.29 is 5.11 Å². The van der Waals surface area contributed by atoms with Crippen LogP contribution in [0.5, 0.6) is 0 Å². The molecule has 1 rings (SSSR count). The maximum Gasteiger partial charge on any atom is 0.0545 e. The zero-order valence-corrected chi connectivity index (χ0v) is 6.22. The third kappa shape index (κ3) is 1.98. The summed E-state index contributed by atoms with van der Waals surface area (Å²) in [6, 6.07) is 0. The van der Waals surface area contributed by atoms with Gasteiger partial charge in [-0.2, -0.15) is 0 Å². The van der Waals surface area contributed by atoms with Gasteiger partial charge in [-0.3, -0.25) is 0 Å². The molecule has 0 aliphatic heterocycles.